The number of Topliss-reactive ketones (excluding diaryl/α,β-unsaturated/α-hetero) is 1. The molecule has 98 valence electrons. The molecule has 2 N–H and O–H groups in total. The standard InChI is InChI=1S/C14H18N2O.ClH/c1-10(17)11-3-2-4-12-13(11)14(9-16-12)5-7-15-8-6-14;/h2-4,15-16H,5-9H2,1H3;1H. The molecule has 1 aromatic carbocycles. The van der Waals surface area contributed by atoms with Gasteiger partial charge in [0.05, 0.1) is 0 Å². The summed E-state index contributed by atoms with van der Waals surface area (Å²) in [5, 5.41) is 6.88. The molecule has 2 aliphatic heterocycles. The highest BCUT2D eigenvalue weighted by Crippen LogP contribution is 2.44. The number of rotatable bonds is 1. The highest BCUT2D eigenvalue weighted by Gasteiger charge is 2.41. The van der Waals surface area contributed by atoms with Gasteiger partial charge in [0, 0.05) is 23.2 Å². The van der Waals surface area contributed by atoms with E-state index in [1.54, 1.807) is 6.92 Å². The molecular formula is C14H19ClN2O. The first-order valence-corrected chi connectivity index (χ1v) is 6.32. The molecule has 0 aliphatic carbocycles. The number of nitrogens with one attached hydrogen (secondary N) is 2. The van der Waals surface area contributed by atoms with Crippen molar-refractivity contribution in [1.82, 2.24) is 5.32 Å². The van der Waals surface area contributed by atoms with Crippen LogP contribution in [-0.2, 0) is 5.41 Å². The van der Waals surface area contributed by atoms with Gasteiger partial charge in [-0.05, 0) is 44.5 Å². The maximum atomic E-state index is 11.8. The van der Waals surface area contributed by atoms with E-state index in [-0.39, 0.29) is 23.6 Å². The van der Waals surface area contributed by atoms with Crippen LogP contribution in [0.4, 0.5) is 5.69 Å². The van der Waals surface area contributed by atoms with Crippen LogP contribution in [0.2, 0.25) is 0 Å². The maximum Gasteiger partial charge on any atom is 0.160 e. The Hall–Kier alpha value is -1.06. The topological polar surface area (TPSA) is 41.1 Å². The Labute approximate surface area is 114 Å². The van der Waals surface area contributed by atoms with Crippen LogP contribution in [0.25, 0.3) is 0 Å². The predicted octanol–water partition coefficient (Wildman–Crippen LogP) is 2.36. The van der Waals surface area contributed by atoms with Gasteiger partial charge in [0.2, 0.25) is 0 Å². The molecule has 1 fully saturated rings. The van der Waals surface area contributed by atoms with Crippen LogP contribution in [-0.4, -0.2) is 25.4 Å². The quantitative estimate of drug-likeness (QED) is 0.767. The van der Waals surface area contributed by atoms with Crippen molar-refractivity contribution < 1.29 is 4.79 Å². The van der Waals surface area contributed by atoms with Crippen LogP contribution in [0, 0.1) is 0 Å². The predicted molar refractivity (Wildman–Crippen MR) is 76.0 cm³/mol. The number of benzene rings is 1. The number of carbonyl (C=O) groups excluding carboxylic acids is 1. The molecule has 1 saturated heterocycles. The van der Waals surface area contributed by atoms with Crippen molar-refractivity contribution >= 4 is 23.9 Å². The largest absolute Gasteiger partial charge is 0.384 e. The zero-order chi connectivity index (χ0) is 11.9. The highest BCUT2D eigenvalue weighted by atomic mass is 35.5. The van der Waals surface area contributed by atoms with Crippen LogP contribution in [0.5, 0.6) is 0 Å². The smallest absolute Gasteiger partial charge is 0.160 e. The lowest BCUT2D eigenvalue weighted by molar-refractivity contribution is 0.101. The second kappa shape index (κ2) is 4.90. The van der Waals surface area contributed by atoms with Crippen molar-refractivity contribution in [3.8, 4) is 0 Å². The van der Waals surface area contributed by atoms with E-state index in [0.717, 1.165) is 38.0 Å². The van der Waals surface area contributed by atoms with Gasteiger partial charge in [-0.3, -0.25) is 4.79 Å². The van der Waals surface area contributed by atoms with E-state index in [4.69, 9.17) is 0 Å². The zero-order valence-electron chi connectivity index (χ0n) is 10.6. The van der Waals surface area contributed by atoms with Gasteiger partial charge >= 0.3 is 0 Å². The maximum absolute atomic E-state index is 11.8. The van der Waals surface area contributed by atoms with Gasteiger partial charge in [-0.1, -0.05) is 12.1 Å². The average Bonchev–Trinajstić information content (AvgIpc) is 2.70. The Bertz CT molecular complexity index is 461. The van der Waals surface area contributed by atoms with Crippen LogP contribution < -0.4 is 10.6 Å². The normalized spacial score (nSPS) is 19.8. The Morgan fingerprint density at radius 3 is 2.67 bits per heavy atom. The monoisotopic (exact) mass is 266 g/mol. The van der Waals surface area contributed by atoms with E-state index in [9.17, 15) is 4.79 Å². The van der Waals surface area contributed by atoms with Crippen LogP contribution >= 0.6 is 12.4 Å². The summed E-state index contributed by atoms with van der Waals surface area (Å²) in [7, 11) is 0. The molecule has 0 radical (unpaired) electrons. The summed E-state index contributed by atoms with van der Waals surface area (Å²) in [6, 6.07) is 6.04. The number of halogens is 1. The molecule has 0 saturated carbocycles. The minimum absolute atomic E-state index is 0. The third-order valence-electron chi connectivity index (χ3n) is 4.15. The summed E-state index contributed by atoms with van der Waals surface area (Å²) in [5.41, 5.74) is 3.53. The molecule has 0 aromatic heterocycles. The molecule has 1 aromatic rings. The van der Waals surface area contributed by atoms with Gasteiger partial charge < -0.3 is 10.6 Å². The number of anilines is 1. The fraction of sp³-hybridized carbons (Fsp3) is 0.500. The zero-order valence-corrected chi connectivity index (χ0v) is 11.4. The fourth-order valence-electron chi connectivity index (χ4n) is 3.25. The molecule has 4 heteroatoms. The third kappa shape index (κ3) is 1.91. The van der Waals surface area contributed by atoms with E-state index < -0.39 is 0 Å². The van der Waals surface area contributed by atoms with Gasteiger partial charge in [-0.15, -0.1) is 12.4 Å². The second-order valence-electron chi connectivity index (χ2n) is 5.17. The van der Waals surface area contributed by atoms with Crippen molar-refractivity contribution in [1.29, 1.82) is 0 Å². The van der Waals surface area contributed by atoms with Gasteiger partial charge in [-0.2, -0.15) is 0 Å². The number of carbonyl (C=O) groups is 1. The molecule has 2 heterocycles. The fourth-order valence-corrected chi connectivity index (χ4v) is 3.25. The number of piperidine rings is 1. The van der Waals surface area contributed by atoms with Gasteiger partial charge in [0.15, 0.2) is 5.78 Å². The Morgan fingerprint density at radius 2 is 2.00 bits per heavy atom. The summed E-state index contributed by atoms with van der Waals surface area (Å²) < 4.78 is 0. The molecule has 3 nitrogen and oxygen atoms in total. The summed E-state index contributed by atoms with van der Waals surface area (Å²) in [4.78, 5) is 11.8. The molecule has 18 heavy (non-hydrogen) atoms. The van der Waals surface area contributed by atoms with Gasteiger partial charge in [-0.25, -0.2) is 0 Å². The lowest BCUT2D eigenvalue weighted by Crippen LogP contribution is -2.41. The van der Waals surface area contributed by atoms with Gasteiger partial charge in [0.25, 0.3) is 0 Å². The number of fused-ring (bicyclic) bond motifs is 2. The van der Waals surface area contributed by atoms with E-state index in [1.807, 2.05) is 12.1 Å². The first kappa shape index (κ1) is 13.4. The van der Waals surface area contributed by atoms with Crippen molar-refractivity contribution in [2.75, 3.05) is 25.0 Å². The molecular weight excluding hydrogens is 248 g/mol. The first-order chi connectivity index (χ1) is 8.23. The minimum atomic E-state index is 0. The van der Waals surface area contributed by atoms with Crippen molar-refractivity contribution in [2.24, 2.45) is 0 Å². The molecule has 3 rings (SSSR count). The number of hydrogen-bond donors (Lipinski definition) is 2. The summed E-state index contributed by atoms with van der Waals surface area (Å²) >= 11 is 0. The van der Waals surface area contributed by atoms with Crippen molar-refractivity contribution in [2.45, 2.75) is 25.2 Å². The highest BCUT2D eigenvalue weighted by molar-refractivity contribution is 5.98. The van der Waals surface area contributed by atoms with Crippen LogP contribution in [0.3, 0.4) is 0 Å². The summed E-state index contributed by atoms with van der Waals surface area (Å²) in [6.45, 7) is 4.75. The molecule has 0 bridgehead atoms. The van der Waals surface area contributed by atoms with E-state index in [0.29, 0.717) is 0 Å². The number of ketones is 1. The SMILES string of the molecule is CC(=O)c1cccc2c1C1(CCNCC1)CN2.Cl. The Kier molecular flexibility index (Phi) is 3.64. The van der Waals surface area contributed by atoms with Crippen LogP contribution in [0.1, 0.15) is 35.7 Å². The van der Waals surface area contributed by atoms with Gasteiger partial charge in [0.1, 0.15) is 0 Å². The van der Waals surface area contributed by atoms with Crippen LogP contribution in [0.15, 0.2) is 18.2 Å². The first-order valence-electron chi connectivity index (χ1n) is 6.32. The minimum Gasteiger partial charge on any atom is -0.384 e. The molecule has 0 unspecified atom stereocenters. The number of hydrogen-bond acceptors (Lipinski definition) is 3. The van der Waals surface area contributed by atoms with Crippen molar-refractivity contribution in [3.05, 3.63) is 29.3 Å². The molecule has 1 spiro atoms. The van der Waals surface area contributed by atoms with Crippen molar-refractivity contribution in [3.63, 3.8) is 0 Å². The average molecular weight is 267 g/mol. The third-order valence-corrected chi connectivity index (χ3v) is 4.15. The molecule has 0 amide bonds. The summed E-state index contributed by atoms with van der Waals surface area (Å²) in [6.07, 6.45) is 2.24. The summed E-state index contributed by atoms with van der Waals surface area (Å²) in [5.74, 6) is 0.184. The Balaban J connectivity index is 0.00000120. The second-order valence-corrected chi connectivity index (χ2v) is 5.17. The Morgan fingerprint density at radius 1 is 1.28 bits per heavy atom. The van der Waals surface area contributed by atoms with E-state index in [2.05, 4.69) is 16.7 Å². The lowest BCUT2D eigenvalue weighted by Gasteiger charge is -2.34. The van der Waals surface area contributed by atoms with E-state index >= 15 is 0 Å². The lowest BCUT2D eigenvalue weighted by atomic mass is 9.72. The molecule has 2 aliphatic rings. The molecule has 0 atom stereocenters. The van der Waals surface area contributed by atoms with E-state index in [1.165, 1.54) is 11.3 Å².